The van der Waals surface area contributed by atoms with Gasteiger partial charge in [0.1, 0.15) is 0 Å². The second-order valence-corrected chi connectivity index (χ2v) is 11.0. The predicted octanol–water partition coefficient (Wildman–Crippen LogP) is 3.14. The molecule has 154 valence electrons. The normalized spacial score (nSPS) is 12.4. The number of nitrogens with one attached hydrogen (secondary N) is 3. The maximum atomic E-state index is 12.3. The molecule has 0 saturated heterocycles. The van der Waals surface area contributed by atoms with Crippen LogP contribution in [0.15, 0.2) is 53.4 Å². The van der Waals surface area contributed by atoms with Crippen molar-refractivity contribution < 1.29 is 16.8 Å². The van der Waals surface area contributed by atoms with Crippen LogP contribution in [0.2, 0.25) is 0 Å². The van der Waals surface area contributed by atoms with Crippen molar-refractivity contribution in [1.29, 1.82) is 0 Å². The molecule has 0 fully saturated rings. The summed E-state index contributed by atoms with van der Waals surface area (Å²) in [6, 6.07) is 13.4. The number of hydrogen-bond acceptors (Lipinski definition) is 5. The topological polar surface area (TPSA) is 104 Å². The molecule has 0 saturated carbocycles. The van der Waals surface area contributed by atoms with Crippen LogP contribution in [-0.2, 0) is 26.6 Å². The van der Waals surface area contributed by atoms with Crippen molar-refractivity contribution in [2.24, 2.45) is 0 Å². The maximum absolute atomic E-state index is 12.3. The molecule has 2 aromatic carbocycles. The van der Waals surface area contributed by atoms with E-state index in [9.17, 15) is 16.8 Å². The summed E-state index contributed by atoms with van der Waals surface area (Å²) in [6.45, 7) is 7.24. The number of rotatable bonds is 9. The third kappa shape index (κ3) is 6.22. The third-order valence-electron chi connectivity index (χ3n) is 3.87. The fourth-order valence-electron chi connectivity index (χ4n) is 2.33. The molecule has 2 aromatic rings. The van der Waals surface area contributed by atoms with Crippen molar-refractivity contribution in [2.45, 2.75) is 50.4 Å². The van der Waals surface area contributed by atoms with Crippen molar-refractivity contribution in [1.82, 2.24) is 4.72 Å². The summed E-state index contributed by atoms with van der Waals surface area (Å²) in [5.41, 5.74) is 2.11. The van der Waals surface area contributed by atoms with E-state index in [4.69, 9.17) is 0 Å². The molecule has 0 amide bonds. The molecule has 0 aliphatic heterocycles. The zero-order valence-corrected chi connectivity index (χ0v) is 18.1. The molecule has 3 N–H and O–H groups in total. The van der Waals surface area contributed by atoms with Gasteiger partial charge in [-0.1, -0.05) is 18.2 Å². The zero-order chi connectivity index (χ0) is 20.9. The second kappa shape index (κ2) is 8.93. The van der Waals surface area contributed by atoms with Gasteiger partial charge < -0.3 is 5.32 Å². The Morgan fingerprint density at radius 1 is 0.857 bits per heavy atom. The highest BCUT2D eigenvalue weighted by molar-refractivity contribution is 7.93. The highest BCUT2D eigenvalue weighted by Gasteiger charge is 2.16. The minimum absolute atomic E-state index is 0.187. The largest absolute Gasteiger partial charge is 0.381 e. The van der Waals surface area contributed by atoms with E-state index in [1.807, 2.05) is 12.1 Å². The molecule has 0 unspecified atom stereocenters. The average Bonchev–Trinajstić information content (AvgIpc) is 2.60. The van der Waals surface area contributed by atoms with E-state index >= 15 is 0 Å². The Kier molecular flexibility index (Phi) is 7.08. The molecule has 9 heteroatoms. The molecule has 0 heterocycles. The Hall–Kier alpha value is -2.10. The first-order valence-electron chi connectivity index (χ1n) is 8.96. The summed E-state index contributed by atoms with van der Waals surface area (Å²) in [6.07, 6.45) is 0. The van der Waals surface area contributed by atoms with Crippen LogP contribution in [0.5, 0.6) is 0 Å². The molecule has 0 aromatic heterocycles. The Bertz CT molecular complexity index is 1000. The van der Waals surface area contributed by atoms with Crippen LogP contribution in [0.3, 0.4) is 0 Å². The molecule has 0 spiro atoms. The molecule has 0 radical (unpaired) electrons. The SMILES string of the molecule is CC(C)NS(=O)(=O)c1cccc(NCc2ccc(NS(=O)(=O)C(C)C)cc2)c1. The first-order chi connectivity index (χ1) is 13.0. The zero-order valence-electron chi connectivity index (χ0n) is 16.4. The Morgan fingerprint density at radius 2 is 1.50 bits per heavy atom. The minimum atomic E-state index is -3.55. The highest BCUT2D eigenvalue weighted by Crippen LogP contribution is 2.18. The Morgan fingerprint density at radius 3 is 2.07 bits per heavy atom. The van der Waals surface area contributed by atoms with Crippen molar-refractivity contribution in [3.8, 4) is 0 Å². The van der Waals surface area contributed by atoms with Gasteiger partial charge in [-0.25, -0.2) is 21.6 Å². The van der Waals surface area contributed by atoms with Crippen LogP contribution in [0.1, 0.15) is 33.3 Å². The van der Waals surface area contributed by atoms with E-state index in [0.29, 0.717) is 17.9 Å². The van der Waals surface area contributed by atoms with Gasteiger partial charge in [0, 0.05) is 24.0 Å². The smallest absolute Gasteiger partial charge is 0.240 e. The summed E-state index contributed by atoms with van der Waals surface area (Å²) >= 11 is 0. The lowest BCUT2D eigenvalue weighted by molar-refractivity contribution is 0.570. The summed E-state index contributed by atoms with van der Waals surface area (Å²) in [5.74, 6) is 0. The van der Waals surface area contributed by atoms with Gasteiger partial charge in [-0.2, -0.15) is 0 Å². The number of sulfonamides is 2. The maximum Gasteiger partial charge on any atom is 0.240 e. The van der Waals surface area contributed by atoms with E-state index < -0.39 is 25.3 Å². The van der Waals surface area contributed by atoms with E-state index in [2.05, 4.69) is 14.8 Å². The summed E-state index contributed by atoms with van der Waals surface area (Å²) in [4.78, 5) is 0.199. The predicted molar refractivity (Wildman–Crippen MR) is 113 cm³/mol. The van der Waals surface area contributed by atoms with E-state index in [1.54, 1.807) is 64.1 Å². The van der Waals surface area contributed by atoms with Crippen molar-refractivity contribution in [3.63, 3.8) is 0 Å². The molecular weight excluding hydrogens is 398 g/mol. The van der Waals surface area contributed by atoms with Crippen LogP contribution in [0, 0.1) is 0 Å². The molecule has 0 bridgehead atoms. The fraction of sp³-hybridized carbons (Fsp3) is 0.368. The molecule has 0 atom stereocenters. The number of anilines is 2. The van der Waals surface area contributed by atoms with Crippen molar-refractivity contribution in [3.05, 3.63) is 54.1 Å². The van der Waals surface area contributed by atoms with Gasteiger partial charge in [-0.05, 0) is 63.6 Å². The van der Waals surface area contributed by atoms with Gasteiger partial charge in [0.15, 0.2) is 0 Å². The van der Waals surface area contributed by atoms with Gasteiger partial charge in [-0.3, -0.25) is 4.72 Å². The average molecular weight is 426 g/mol. The fourth-order valence-corrected chi connectivity index (χ4v) is 4.33. The summed E-state index contributed by atoms with van der Waals surface area (Å²) < 4.78 is 53.4. The van der Waals surface area contributed by atoms with Crippen molar-refractivity contribution >= 4 is 31.4 Å². The van der Waals surface area contributed by atoms with Crippen LogP contribution in [-0.4, -0.2) is 28.1 Å². The van der Waals surface area contributed by atoms with Crippen LogP contribution >= 0.6 is 0 Å². The lowest BCUT2D eigenvalue weighted by Gasteiger charge is -2.13. The highest BCUT2D eigenvalue weighted by atomic mass is 32.2. The van der Waals surface area contributed by atoms with Crippen molar-refractivity contribution in [2.75, 3.05) is 10.0 Å². The third-order valence-corrected chi connectivity index (χ3v) is 7.28. The quantitative estimate of drug-likeness (QED) is 0.573. The molecule has 28 heavy (non-hydrogen) atoms. The first-order valence-corrected chi connectivity index (χ1v) is 12.0. The van der Waals surface area contributed by atoms with Crippen LogP contribution in [0.4, 0.5) is 11.4 Å². The standard InChI is InChI=1S/C19H27N3O4S2/c1-14(2)21-28(25,26)19-7-5-6-18(12-19)20-13-16-8-10-17(11-9-16)22-27(23,24)15(3)4/h5-12,14-15,20-22H,13H2,1-4H3. The van der Waals surface area contributed by atoms with Gasteiger partial charge in [0.2, 0.25) is 20.0 Å². The Labute approximate surface area is 167 Å². The van der Waals surface area contributed by atoms with Gasteiger partial charge in [0.05, 0.1) is 10.1 Å². The summed E-state index contributed by atoms with van der Waals surface area (Å²) in [7, 11) is -6.93. The van der Waals surface area contributed by atoms with Crippen LogP contribution < -0.4 is 14.8 Å². The van der Waals surface area contributed by atoms with E-state index in [-0.39, 0.29) is 10.9 Å². The summed E-state index contributed by atoms with van der Waals surface area (Å²) in [5, 5.41) is 2.67. The lowest BCUT2D eigenvalue weighted by Crippen LogP contribution is -2.30. The number of benzene rings is 2. The minimum Gasteiger partial charge on any atom is -0.381 e. The molecule has 7 nitrogen and oxygen atoms in total. The monoisotopic (exact) mass is 425 g/mol. The number of hydrogen-bond donors (Lipinski definition) is 3. The lowest BCUT2D eigenvalue weighted by atomic mass is 10.2. The van der Waals surface area contributed by atoms with Crippen LogP contribution in [0.25, 0.3) is 0 Å². The van der Waals surface area contributed by atoms with Gasteiger partial charge in [-0.15, -0.1) is 0 Å². The molecule has 2 rings (SSSR count). The van der Waals surface area contributed by atoms with E-state index in [1.165, 1.54) is 0 Å². The molecule has 0 aliphatic rings. The van der Waals surface area contributed by atoms with E-state index in [0.717, 1.165) is 5.56 Å². The molecular formula is C19H27N3O4S2. The van der Waals surface area contributed by atoms with Gasteiger partial charge >= 0.3 is 0 Å². The molecule has 0 aliphatic carbocycles. The Balaban J connectivity index is 2.04. The first kappa shape index (κ1) is 22.2. The van der Waals surface area contributed by atoms with Gasteiger partial charge in [0.25, 0.3) is 0 Å². The second-order valence-electron chi connectivity index (χ2n) is 7.05.